The quantitative estimate of drug-likeness (QED) is 0.378. The van der Waals surface area contributed by atoms with Crippen molar-refractivity contribution < 1.29 is 14.0 Å². The topological polar surface area (TPSA) is 88.9 Å². The number of nitrogens with one attached hydrogen (secondary N) is 2. The van der Waals surface area contributed by atoms with Gasteiger partial charge in [0.2, 0.25) is 5.91 Å². The van der Waals surface area contributed by atoms with E-state index < -0.39 is 0 Å². The van der Waals surface area contributed by atoms with E-state index in [0.717, 1.165) is 24.1 Å². The Morgan fingerprint density at radius 3 is 2.55 bits per heavy atom. The Kier molecular flexibility index (Phi) is 6.89. The summed E-state index contributed by atoms with van der Waals surface area (Å²) in [6.07, 6.45) is 3.40. The first-order chi connectivity index (χ1) is 16.0. The van der Waals surface area contributed by atoms with Crippen molar-refractivity contribution in [1.29, 1.82) is 0 Å². The summed E-state index contributed by atoms with van der Waals surface area (Å²) >= 11 is 1.34. The lowest BCUT2D eigenvalue weighted by Gasteiger charge is -2.04. The summed E-state index contributed by atoms with van der Waals surface area (Å²) in [5, 5.41) is 12.2. The smallest absolute Gasteiger partial charge is 0.277 e. The van der Waals surface area contributed by atoms with Crippen molar-refractivity contribution in [2.24, 2.45) is 0 Å². The van der Waals surface area contributed by atoms with E-state index >= 15 is 0 Å². The number of hydrogen-bond donors (Lipinski definition) is 2. The van der Waals surface area contributed by atoms with Crippen LogP contribution in [0.3, 0.4) is 0 Å². The van der Waals surface area contributed by atoms with Crippen molar-refractivity contribution in [2.75, 3.05) is 11.9 Å². The highest BCUT2D eigenvalue weighted by atomic mass is 32.1. The van der Waals surface area contributed by atoms with Crippen molar-refractivity contribution >= 4 is 28.3 Å². The fourth-order valence-corrected chi connectivity index (χ4v) is 3.92. The van der Waals surface area contributed by atoms with E-state index in [0.29, 0.717) is 17.4 Å². The van der Waals surface area contributed by atoms with Gasteiger partial charge in [0, 0.05) is 30.6 Å². The zero-order chi connectivity index (χ0) is 23.2. The number of hydrogen-bond acceptors (Lipinski definition) is 5. The summed E-state index contributed by atoms with van der Waals surface area (Å²) < 4.78 is 14.6. The summed E-state index contributed by atoms with van der Waals surface area (Å²) in [4.78, 5) is 28.0. The Morgan fingerprint density at radius 1 is 1.06 bits per heavy atom. The molecule has 0 saturated heterocycles. The van der Waals surface area contributed by atoms with Gasteiger partial charge in [-0.1, -0.05) is 24.3 Å². The maximum atomic E-state index is 13.1. The van der Waals surface area contributed by atoms with Crippen molar-refractivity contribution in [3.05, 3.63) is 83.2 Å². The van der Waals surface area contributed by atoms with Gasteiger partial charge in [0.15, 0.2) is 10.8 Å². The van der Waals surface area contributed by atoms with Gasteiger partial charge in [-0.05, 0) is 48.7 Å². The van der Waals surface area contributed by atoms with Gasteiger partial charge in [-0.15, -0.1) is 11.3 Å². The molecule has 0 spiro atoms. The first kappa shape index (κ1) is 22.3. The number of amides is 2. The lowest BCUT2D eigenvalue weighted by atomic mass is 10.1. The van der Waals surface area contributed by atoms with Crippen LogP contribution in [-0.2, 0) is 11.2 Å². The highest BCUT2D eigenvalue weighted by molar-refractivity contribution is 7.14. The van der Waals surface area contributed by atoms with Gasteiger partial charge in [-0.2, -0.15) is 5.10 Å². The third-order valence-electron chi connectivity index (χ3n) is 4.90. The van der Waals surface area contributed by atoms with Gasteiger partial charge in [0.1, 0.15) is 5.82 Å². The molecule has 0 atom stereocenters. The predicted molar refractivity (Wildman–Crippen MR) is 126 cm³/mol. The molecule has 33 heavy (non-hydrogen) atoms. The Hall–Kier alpha value is -3.85. The highest BCUT2D eigenvalue weighted by Gasteiger charge is 2.13. The van der Waals surface area contributed by atoms with Gasteiger partial charge >= 0.3 is 0 Å². The molecule has 0 fully saturated rings. The molecule has 2 amide bonds. The van der Waals surface area contributed by atoms with Crippen LogP contribution in [0.4, 0.5) is 9.52 Å². The van der Waals surface area contributed by atoms with E-state index in [1.165, 1.54) is 40.6 Å². The number of rotatable bonds is 8. The minimum absolute atomic E-state index is 0.0157. The average Bonchev–Trinajstić information content (AvgIpc) is 3.48. The van der Waals surface area contributed by atoms with Crippen molar-refractivity contribution in [3.8, 4) is 16.9 Å². The summed E-state index contributed by atoms with van der Waals surface area (Å²) in [5.41, 5.74) is 3.81. The Bertz CT molecular complexity index is 1250. The number of anilines is 1. The Morgan fingerprint density at radius 2 is 1.82 bits per heavy atom. The molecule has 2 aromatic carbocycles. The zero-order valence-electron chi connectivity index (χ0n) is 17.9. The largest absolute Gasteiger partial charge is 0.356 e. The van der Waals surface area contributed by atoms with Crippen LogP contribution in [0.1, 0.15) is 29.4 Å². The highest BCUT2D eigenvalue weighted by Crippen LogP contribution is 2.25. The van der Waals surface area contributed by atoms with Crippen LogP contribution in [0.15, 0.2) is 66.2 Å². The van der Waals surface area contributed by atoms with Crippen LogP contribution in [0.5, 0.6) is 0 Å². The number of carbonyl (C=O) groups excluding carboxylic acids is 2. The van der Waals surface area contributed by atoms with Crippen LogP contribution in [-0.4, -0.2) is 33.1 Å². The molecule has 0 bridgehead atoms. The molecule has 4 aromatic rings. The molecule has 0 aliphatic heterocycles. The second-order valence-corrected chi connectivity index (χ2v) is 8.26. The summed E-state index contributed by atoms with van der Waals surface area (Å²) in [5.74, 6) is -0.718. The number of aryl methyl sites for hydroxylation is 1. The molecule has 0 aliphatic carbocycles. The molecule has 0 aliphatic rings. The Balaban J connectivity index is 1.35. The van der Waals surface area contributed by atoms with E-state index in [1.807, 2.05) is 29.6 Å². The Labute approximate surface area is 194 Å². The minimum Gasteiger partial charge on any atom is -0.356 e. The van der Waals surface area contributed by atoms with Crippen molar-refractivity contribution in [3.63, 3.8) is 0 Å². The van der Waals surface area contributed by atoms with Gasteiger partial charge in [0.05, 0.1) is 11.4 Å². The minimum atomic E-state index is -0.369. The molecule has 2 aromatic heterocycles. The second-order valence-electron chi connectivity index (χ2n) is 7.40. The molecule has 2 heterocycles. The maximum absolute atomic E-state index is 13.1. The van der Waals surface area contributed by atoms with Crippen LogP contribution < -0.4 is 10.6 Å². The van der Waals surface area contributed by atoms with Gasteiger partial charge < -0.3 is 5.32 Å². The summed E-state index contributed by atoms with van der Waals surface area (Å²) in [7, 11) is 0. The molecule has 2 N–H and O–H groups in total. The van der Waals surface area contributed by atoms with E-state index in [-0.39, 0.29) is 23.3 Å². The number of benzene rings is 2. The SMILES string of the molecule is CC(=O)NCCCc1ccc(-c2csc(NC(=O)c3ccn(-c4ccc(F)cc4)n3)n2)cc1. The first-order valence-corrected chi connectivity index (χ1v) is 11.3. The fraction of sp³-hybridized carbons (Fsp3) is 0.167. The van der Waals surface area contributed by atoms with E-state index in [2.05, 4.69) is 20.7 Å². The van der Waals surface area contributed by atoms with Gasteiger partial charge in [0.25, 0.3) is 5.91 Å². The molecule has 0 saturated carbocycles. The molecular formula is C24H22FN5O2S. The number of aromatic nitrogens is 3. The van der Waals surface area contributed by atoms with E-state index in [4.69, 9.17) is 0 Å². The van der Waals surface area contributed by atoms with E-state index in [1.54, 1.807) is 24.4 Å². The summed E-state index contributed by atoms with van der Waals surface area (Å²) in [6.45, 7) is 2.17. The third-order valence-corrected chi connectivity index (χ3v) is 5.66. The molecule has 4 rings (SSSR count). The number of halogens is 1. The average molecular weight is 464 g/mol. The number of thiazole rings is 1. The molecular weight excluding hydrogens is 441 g/mol. The van der Waals surface area contributed by atoms with Crippen molar-refractivity contribution in [1.82, 2.24) is 20.1 Å². The molecule has 9 heteroatoms. The molecule has 7 nitrogen and oxygen atoms in total. The number of carbonyl (C=O) groups is 2. The molecule has 168 valence electrons. The van der Waals surface area contributed by atoms with Gasteiger partial charge in [-0.3, -0.25) is 14.9 Å². The van der Waals surface area contributed by atoms with Crippen LogP contribution in [0.25, 0.3) is 16.9 Å². The van der Waals surface area contributed by atoms with Crippen LogP contribution in [0.2, 0.25) is 0 Å². The fourth-order valence-electron chi connectivity index (χ4n) is 3.21. The van der Waals surface area contributed by atoms with E-state index in [9.17, 15) is 14.0 Å². The van der Waals surface area contributed by atoms with Crippen LogP contribution in [0, 0.1) is 5.82 Å². The standard InChI is InChI=1S/C24H22FN5O2S/c1-16(31)26-13-2-3-17-4-6-18(7-5-17)22-15-33-24(27-22)28-23(32)21-12-14-30(29-21)20-10-8-19(25)9-11-20/h4-12,14-15H,2-3,13H2,1H3,(H,26,31)(H,27,28,32). The summed E-state index contributed by atoms with van der Waals surface area (Å²) in [6, 6.07) is 15.5. The zero-order valence-corrected chi connectivity index (χ0v) is 18.7. The maximum Gasteiger partial charge on any atom is 0.277 e. The molecule has 0 radical (unpaired) electrons. The molecule has 0 unspecified atom stereocenters. The van der Waals surface area contributed by atoms with Crippen molar-refractivity contribution in [2.45, 2.75) is 19.8 Å². The number of nitrogens with zero attached hydrogens (tertiary/aromatic N) is 3. The van der Waals surface area contributed by atoms with Gasteiger partial charge in [-0.25, -0.2) is 14.1 Å². The lowest BCUT2D eigenvalue weighted by Crippen LogP contribution is -2.21. The third kappa shape index (κ3) is 5.89. The lowest BCUT2D eigenvalue weighted by molar-refractivity contribution is -0.118. The predicted octanol–water partition coefficient (Wildman–Crippen LogP) is 4.46. The first-order valence-electron chi connectivity index (χ1n) is 10.4. The monoisotopic (exact) mass is 463 g/mol. The normalized spacial score (nSPS) is 10.7. The van der Waals surface area contributed by atoms with Crippen LogP contribution >= 0.6 is 11.3 Å². The second kappa shape index (κ2) is 10.2.